The summed E-state index contributed by atoms with van der Waals surface area (Å²) in [6, 6.07) is 6.21. The third-order valence-electron chi connectivity index (χ3n) is 3.58. The van der Waals surface area contributed by atoms with E-state index in [1.807, 2.05) is 0 Å². The molecule has 8 heteroatoms. The highest BCUT2D eigenvalue weighted by Gasteiger charge is 2.18. The lowest BCUT2D eigenvalue weighted by Gasteiger charge is -2.13. The molecule has 0 radical (unpaired) electrons. The van der Waals surface area contributed by atoms with E-state index in [1.165, 1.54) is 26.2 Å². The summed E-state index contributed by atoms with van der Waals surface area (Å²) in [6.07, 6.45) is 2.25. The van der Waals surface area contributed by atoms with E-state index in [9.17, 15) is 13.2 Å². The molecule has 1 aromatic carbocycles. The first-order chi connectivity index (χ1) is 10.9. The molecule has 1 aliphatic rings. The number of ether oxygens (including phenoxy) is 1. The topological polar surface area (TPSA) is 87.7 Å². The molecule has 1 aromatic rings. The molecule has 0 saturated carbocycles. The molecule has 2 rings (SSSR count). The lowest BCUT2D eigenvalue weighted by Crippen LogP contribution is -2.33. The summed E-state index contributed by atoms with van der Waals surface area (Å²) in [5.41, 5.74) is 0.455. The third kappa shape index (κ3) is 5.00. The SMILES string of the molecule is CN(C)S(=O)(=O)c1cccc(NC(=O)CNCC2CCCO2)c1. The van der Waals surface area contributed by atoms with Crippen molar-refractivity contribution in [3.05, 3.63) is 24.3 Å². The van der Waals surface area contributed by atoms with Crippen LogP contribution >= 0.6 is 0 Å². The number of hydrogen-bond acceptors (Lipinski definition) is 5. The van der Waals surface area contributed by atoms with Gasteiger partial charge in [0.2, 0.25) is 15.9 Å². The molecule has 23 heavy (non-hydrogen) atoms. The van der Waals surface area contributed by atoms with Crippen LogP contribution in [0.1, 0.15) is 12.8 Å². The van der Waals surface area contributed by atoms with Crippen LogP contribution in [0.3, 0.4) is 0 Å². The number of rotatable bonds is 7. The van der Waals surface area contributed by atoms with Crippen LogP contribution in [-0.4, -0.2) is 58.5 Å². The summed E-state index contributed by atoms with van der Waals surface area (Å²) in [6.45, 7) is 1.58. The number of nitrogens with zero attached hydrogens (tertiary/aromatic N) is 1. The summed E-state index contributed by atoms with van der Waals surface area (Å²) in [7, 11) is -0.578. The molecular formula is C15H23N3O4S. The maximum absolute atomic E-state index is 12.1. The number of carbonyl (C=O) groups is 1. The predicted octanol–water partition coefficient (Wildman–Crippen LogP) is 0.644. The van der Waals surface area contributed by atoms with Crippen molar-refractivity contribution in [2.45, 2.75) is 23.8 Å². The van der Waals surface area contributed by atoms with Crippen LogP contribution in [0, 0.1) is 0 Å². The lowest BCUT2D eigenvalue weighted by atomic mass is 10.2. The average Bonchev–Trinajstić information content (AvgIpc) is 3.00. The Morgan fingerprint density at radius 1 is 1.39 bits per heavy atom. The van der Waals surface area contributed by atoms with Gasteiger partial charge in [-0.25, -0.2) is 12.7 Å². The molecule has 0 aliphatic carbocycles. The number of hydrogen-bond donors (Lipinski definition) is 2. The van der Waals surface area contributed by atoms with E-state index in [-0.39, 0.29) is 23.5 Å². The first kappa shape index (κ1) is 17.9. The third-order valence-corrected chi connectivity index (χ3v) is 5.39. The maximum Gasteiger partial charge on any atom is 0.242 e. The molecular weight excluding hydrogens is 318 g/mol. The van der Waals surface area contributed by atoms with E-state index >= 15 is 0 Å². The van der Waals surface area contributed by atoms with E-state index in [1.54, 1.807) is 12.1 Å². The molecule has 128 valence electrons. The Bertz CT molecular complexity index is 640. The summed E-state index contributed by atoms with van der Waals surface area (Å²) in [5, 5.41) is 5.74. The van der Waals surface area contributed by atoms with Gasteiger partial charge in [0.05, 0.1) is 17.5 Å². The van der Waals surface area contributed by atoms with E-state index in [4.69, 9.17) is 4.74 Å². The molecule has 1 atom stereocenters. The summed E-state index contributed by atoms with van der Waals surface area (Å²) in [4.78, 5) is 12.1. The fourth-order valence-electron chi connectivity index (χ4n) is 2.30. The van der Waals surface area contributed by atoms with Crippen LogP contribution in [0.15, 0.2) is 29.2 Å². The zero-order chi connectivity index (χ0) is 16.9. The lowest BCUT2D eigenvalue weighted by molar-refractivity contribution is -0.115. The second-order valence-electron chi connectivity index (χ2n) is 5.63. The number of anilines is 1. The van der Waals surface area contributed by atoms with Crippen LogP contribution in [0.5, 0.6) is 0 Å². The van der Waals surface area contributed by atoms with Gasteiger partial charge >= 0.3 is 0 Å². The van der Waals surface area contributed by atoms with Crippen molar-refractivity contribution < 1.29 is 17.9 Å². The Morgan fingerprint density at radius 3 is 2.83 bits per heavy atom. The minimum absolute atomic E-state index is 0.146. The van der Waals surface area contributed by atoms with Crippen molar-refractivity contribution >= 4 is 21.6 Å². The largest absolute Gasteiger partial charge is 0.377 e. The van der Waals surface area contributed by atoms with Crippen molar-refractivity contribution in [2.75, 3.05) is 39.1 Å². The quantitative estimate of drug-likeness (QED) is 0.760. The van der Waals surface area contributed by atoms with E-state index in [2.05, 4.69) is 10.6 Å². The highest BCUT2D eigenvalue weighted by atomic mass is 32.2. The monoisotopic (exact) mass is 341 g/mol. The Balaban J connectivity index is 1.88. The standard InChI is InChI=1S/C15H23N3O4S/c1-18(2)23(20,21)14-7-3-5-12(9-14)17-15(19)11-16-10-13-6-4-8-22-13/h3,5,7,9,13,16H,4,6,8,10-11H2,1-2H3,(H,17,19). The van der Waals surface area contributed by atoms with Crippen molar-refractivity contribution in [1.82, 2.24) is 9.62 Å². The Morgan fingerprint density at radius 2 is 2.17 bits per heavy atom. The molecule has 1 amide bonds. The van der Waals surface area contributed by atoms with Gasteiger partial charge in [-0.3, -0.25) is 4.79 Å². The fourth-order valence-corrected chi connectivity index (χ4v) is 3.25. The van der Waals surface area contributed by atoms with Crippen LogP contribution < -0.4 is 10.6 Å². The van der Waals surface area contributed by atoms with Crippen LogP contribution in [0.2, 0.25) is 0 Å². The van der Waals surface area contributed by atoms with Crippen LogP contribution in [-0.2, 0) is 19.6 Å². The van der Waals surface area contributed by atoms with Gasteiger partial charge in [0.1, 0.15) is 0 Å². The number of sulfonamides is 1. The molecule has 0 bridgehead atoms. The molecule has 1 aliphatic heterocycles. The van der Waals surface area contributed by atoms with Gasteiger partial charge < -0.3 is 15.4 Å². The van der Waals surface area contributed by atoms with Crippen LogP contribution in [0.25, 0.3) is 0 Å². The predicted molar refractivity (Wildman–Crippen MR) is 87.8 cm³/mol. The minimum atomic E-state index is -3.51. The van der Waals surface area contributed by atoms with E-state index in [0.29, 0.717) is 12.2 Å². The normalized spacial score (nSPS) is 18.3. The van der Waals surface area contributed by atoms with E-state index < -0.39 is 10.0 Å². The molecule has 2 N–H and O–H groups in total. The van der Waals surface area contributed by atoms with Gasteiger partial charge in [-0.15, -0.1) is 0 Å². The molecule has 0 aromatic heterocycles. The zero-order valence-electron chi connectivity index (χ0n) is 13.4. The number of nitrogens with one attached hydrogen (secondary N) is 2. The zero-order valence-corrected chi connectivity index (χ0v) is 14.2. The molecule has 1 fully saturated rings. The molecule has 7 nitrogen and oxygen atoms in total. The summed E-state index contributed by atoms with van der Waals surface area (Å²) in [5.74, 6) is -0.220. The van der Waals surface area contributed by atoms with Crippen molar-refractivity contribution in [3.63, 3.8) is 0 Å². The van der Waals surface area contributed by atoms with Crippen molar-refractivity contribution in [2.24, 2.45) is 0 Å². The van der Waals surface area contributed by atoms with Gasteiger partial charge in [0, 0.05) is 32.9 Å². The van der Waals surface area contributed by atoms with Crippen molar-refractivity contribution in [3.8, 4) is 0 Å². The Hall–Kier alpha value is -1.48. The highest BCUT2D eigenvalue weighted by molar-refractivity contribution is 7.89. The Labute approximate surface area is 137 Å². The van der Waals surface area contributed by atoms with Gasteiger partial charge in [0.25, 0.3) is 0 Å². The molecule has 0 spiro atoms. The second-order valence-corrected chi connectivity index (χ2v) is 7.78. The smallest absolute Gasteiger partial charge is 0.242 e. The highest BCUT2D eigenvalue weighted by Crippen LogP contribution is 2.17. The van der Waals surface area contributed by atoms with Gasteiger partial charge in [-0.05, 0) is 31.0 Å². The van der Waals surface area contributed by atoms with Gasteiger partial charge in [-0.2, -0.15) is 0 Å². The van der Waals surface area contributed by atoms with Gasteiger partial charge in [-0.1, -0.05) is 6.07 Å². The summed E-state index contributed by atoms with van der Waals surface area (Å²) < 4.78 is 30.8. The average molecular weight is 341 g/mol. The Kier molecular flexibility index (Phi) is 6.11. The molecule has 1 unspecified atom stereocenters. The van der Waals surface area contributed by atoms with E-state index in [0.717, 1.165) is 23.8 Å². The number of benzene rings is 1. The summed E-state index contributed by atoms with van der Waals surface area (Å²) >= 11 is 0. The second kappa shape index (κ2) is 7.87. The molecule has 1 heterocycles. The minimum Gasteiger partial charge on any atom is -0.377 e. The van der Waals surface area contributed by atoms with Crippen LogP contribution in [0.4, 0.5) is 5.69 Å². The van der Waals surface area contributed by atoms with Gasteiger partial charge in [0.15, 0.2) is 0 Å². The fraction of sp³-hybridized carbons (Fsp3) is 0.533. The number of carbonyl (C=O) groups excluding carboxylic acids is 1. The maximum atomic E-state index is 12.1. The number of amides is 1. The first-order valence-corrected chi connectivity index (χ1v) is 8.98. The molecule has 1 saturated heterocycles. The first-order valence-electron chi connectivity index (χ1n) is 7.54. The van der Waals surface area contributed by atoms with Crippen molar-refractivity contribution in [1.29, 1.82) is 0 Å².